The second-order valence-electron chi connectivity index (χ2n) is 5.47. The molecule has 1 aliphatic rings. The predicted molar refractivity (Wildman–Crippen MR) is 87.7 cm³/mol. The summed E-state index contributed by atoms with van der Waals surface area (Å²) in [4.78, 5) is 12.0. The maximum atomic E-state index is 13.0. The first-order valence-corrected chi connectivity index (χ1v) is 9.53. The van der Waals surface area contributed by atoms with Crippen LogP contribution in [0.15, 0.2) is 17.0 Å². The molecule has 1 aromatic rings. The van der Waals surface area contributed by atoms with Gasteiger partial charge in [-0.3, -0.25) is 4.79 Å². The van der Waals surface area contributed by atoms with E-state index < -0.39 is 15.3 Å². The van der Waals surface area contributed by atoms with Crippen LogP contribution < -0.4 is 0 Å². The quantitative estimate of drug-likeness (QED) is 0.784. The lowest BCUT2D eigenvalue weighted by Crippen LogP contribution is -2.45. The van der Waals surface area contributed by atoms with Crippen molar-refractivity contribution in [2.24, 2.45) is 0 Å². The summed E-state index contributed by atoms with van der Waals surface area (Å²) in [6, 6.07) is 3.74. The molecular formula is C15H21NO4S2. The van der Waals surface area contributed by atoms with Crippen LogP contribution in [0.4, 0.5) is 0 Å². The van der Waals surface area contributed by atoms with Gasteiger partial charge in [0.05, 0.1) is 12.0 Å². The summed E-state index contributed by atoms with van der Waals surface area (Å²) in [6.45, 7) is 6.13. The number of nitrogens with zero attached hydrogens (tertiary/aromatic N) is 1. The predicted octanol–water partition coefficient (Wildman–Crippen LogP) is 1.89. The molecule has 0 unspecified atom stereocenters. The first kappa shape index (κ1) is 17.3. The fourth-order valence-electron chi connectivity index (χ4n) is 2.82. The zero-order chi connectivity index (χ0) is 16.5. The van der Waals surface area contributed by atoms with Crippen molar-refractivity contribution in [3.63, 3.8) is 0 Å². The molecule has 22 heavy (non-hydrogen) atoms. The molecule has 0 aromatic heterocycles. The number of benzene rings is 1. The van der Waals surface area contributed by atoms with E-state index in [9.17, 15) is 13.2 Å². The first-order valence-electron chi connectivity index (χ1n) is 7.04. The Balaban J connectivity index is 2.37. The number of hydrogen-bond donors (Lipinski definition) is 0. The molecule has 1 saturated heterocycles. The maximum Gasteiger partial charge on any atom is 0.320 e. The molecule has 5 nitrogen and oxygen atoms in total. The van der Waals surface area contributed by atoms with Crippen LogP contribution in [0.2, 0.25) is 0 Å². The highest BCUT2D eigenvalue weighted by Crippen LogP contribution is 2.29. The number of carbonyl (C=O) groups excluding carboxylic acids is 1. The van der Waals surface area contributed by atoms with Crippen LogP contribution in [0.3, 0.4) is 0 Å². The molecule has 1 heterocycles. The zero-order valence-electron chi connectivity index (χ0n) is 13.3. The van der Waals surface area contributed by atoms with Crippen molar-refractivity contribution in [1.29, 1.82) is 0 Å². The van der Waals surface area contributed by atoms with Gasteiger partial charge in [0.25, 0.3) is 0 Å². The highest BCUT2D eigenvalue weighted by Gasteiger charge is 2.35. The normalized spacial score (nSPS) is 19.9. The molecule has 0 amide bonds. The minimum absolute atomic E-state index is 0.159. The summed E-state index contributed by atoms with van der Waals surface area (Å²) >= 11 is 1.44. The summed E-state index contributed by atoms with van der Waals surface area (Å²) in [5.41, 5.74) is 2.52. The molecule has 122 valence electrons. The third kappa shape index (κ3) is 3.31. The highest BCUT2D eigenvalue weighted by atomic mass is 32.2. The van der Waals surface area contributed by atoms with Crippen molar-refractivity contribution in [3.8, 4) is 0 Å². The Hall–Kier alpha value is -1.05. The molecular weight excluding hydrogens is 322 g/mol. The molecule has 7 heteroatoms. The van der Waals surface area contributed by atoms with Crippen molar-refractivity contribution < 1.29 is 17.9 Å². The average Bonchev–Trinajstić information content (AvgIpc) is 2.45. The van der Waals surface area contributed by atoms with Gasteiger partial charge in [-0.1, -0.05) is 17.7 Å². The Kier molecular flexibility index (Phi) is 5.19. The topological polar surface area (TPSA) is 63.7 Å². The fourth-order valence-corrected chi connectivity index (χ4v) is 6.03. The number of rotatable bonds is 3. The van der Waals surface area contributed by atoms with E-state index in [2.05, 4.69) is 0 Å². The molecule has 1 aromatic carbocycles. The number of sulfonamides is 1. The van der Waals surface area contributed by atoms with Gasteiger partial charge >= 0.3 is 5.97 Å². The van der Waals surface area contributed by atoms with E-state index in [0.29, 0.717) is 17.2 Å². The molecule has 0 aliphatic carbocycles. The van der Waals surface area contributed by atoms with Crippen LogP contribution in [-0.2, 0) is 19.6 Å². The van der Waals surface area contributed by atoms with Gasteiger partial charge < -0.3 is 4.74 Å². The van der Waals surface area contributed by atoms with Crippen LogP contribution in [0.5, 0.6) is 0 Å². The molecule has 1 aliphatic heterocycles. The summed E-state index contributed by atoms with van der Waals surface area (Å²) in [5.74, 6) is 0.213. The molecule has 0 N–H and O–H groups in total. The number of thioether (sulfide) groups is 1. The van der Waals surface area contributed by atoms with Gasteiger partial charge in [-0.2, -0.15) is 4.31 Å². The lowest BCUT2D eigenvalue weighted by Gasteiger charge is -2.31. The Labute approximate surface area is 136 Å². The average molecular weight is 343 g/mol. The Morgan fingerprint density at radius 2 is 1.86 bits per heavy atom. The van der Waals surface area contributed by atoms with Crippen LogP contribution in [-0.4, -0.2) is 49.9 Å². The van der Waals surface area contributed by atoms with Crippen LogP contribution >= 0.6 is 11.8 Å². The third-order valence-corrected chi connectivity index (χ3v) is 7.03. The van der Waals surface area contributed by atoms with Crippen molar-refractivity contribution in [1.82, 2.24) is 4.31 Å². The molecule has 1 fully saturated rings. The van der Waals surface area contributed by atoms with E-state index in [4.69, 9.17) is 4.74 Å². The van der Waals surface area contributed by atoms with Gasteiger partial charge in [-0.25, -0.2) is 8.42 Å². The van der Waals surface area contributed by atoms with E-state index in [1.165, 1.54) is 23.2 Å². The van der Waals surface area contributed by atoms with E-state index in [0.717, 1.165) is 16.7 Å². The van der Waals surface area contributed by atoms with E-state index >= 15 is 0 Å². The summed E-state index contributed by atoms with van der Waals surface area (Å²) in [5, 5.41) is -0.459. The molecule has 0 radical (unpaired) electrons. The summed E-state index contributed by atoms with van der Waals surface area (Å²) < 4.78 is 32.1. The maximum absolute atomic E-state index is 13.0. The van der Waals surface area contributed by atoms with Crippen molar-refractivity contribution in [2.75, 3.05) is 26.0 Å². The first-order chi connectivity index (χ1) is 10.3. The fraction of sp³-hybridized carbons (Fsp3) is 0.533. The minimum atomic E-state index is -3.60. The van der Waals surface area contributed by atoms with Crippen molar-refractivity contribution >= 4 is 27.8 Å². The number of carbonyl (C=O) groups is 1. The highest BCUT2D eigenvalue weighted by molar-refractivity contribution is 8.00. The van der Waals surface area contributed by atoms with Crippen LogP contribution in [0, 0.1) is 20.8 Å². The van der Waals surface area contributed by atoms with Crippen LogP contribution in [0.25, 0.3) is 0 Å². The Bertz CT molecular complexity index is 662. The molecule has 2 rings (SSSR count). The van der Waals surface area contributed by atoms with Gasteiger partial charge in [0.1, 0.15) is 5.25 Å². The molecule has 0 bridgehead atoms. The number of hydrogen-bond acceptors (Lipinski definition) is 5. The number of methoxy groups -OCH3 is 1. The van der Waals surface area contributed by atoms with Crippen molar-refractivity contribution in [2.45, 2.75) is 30.9 Å². The van der Waals surface area contributed by atoms with E-state index in [1.807, 2.05) is 32.9 Å². The van der Waals surface area contributed by atoms with Gasteiger partial charge in [-0.15, -0.1) is 11.8 Å². The summed E-state index contributed by atoms with van der Waals surface area (Å²) in [7, 11) is -2.28. The lowest BCUT2D eigenvalue weighted by atomic mass is 10.1. The second kappa shape index (κ2) is 6.60. The molecule has 0 saturated carbocycles. The Morgan fingerprint density at radius 3 is 2.41 bits per heavy atom. The zero-order valence-corrected chi connectivity index (χ0v) is 14.9. The van der Waals surface area contributed by atoms with Gasteiger partial charge in [0.2, 0.25) is 10.0 Å². The van der Waals surface area contributed by atoms with Gasteiger partial charge in [0, 0.05) is 18.8 Å². The number of esters is 1. The number of ether oxygens (including phenoxy) is 1. The third-order valence-electron chi connectivity index (χ3n) is 3.70. The molecule has 1 atom stereocenters. The monoisotopic (exact) mass is 343 g/mol. The standard InChI is InChI=1S/C15H21NO4S2/c1-10-7-11(2)14(12(3)8-10)22(18,19)16-5-6-21-13(9-16)15(17)20-4/h7-8,13H,5-6,9H2,1-4H3/t13-/m1/s1. The summed E-state index contributed by atoms with van der Waals surface area (Å²) in [6.07, 6.45) is 0. The van der Waals surface area contributed by atoms with E-state index in [-0.39, 0.29) is 12.5 Å². The minimum Gasteiger partial charge on any atom is -0.468 e. The largest absolute Gasteiger partial charge is 0.468 e. The van der Waals surface area contributed by atoms with E-state index in [1.54, 1.807) is 0 Å². The smallest absolute Gasteiger partial charge is 0.320 e. The van der Waals surface area contributed by atoms with Gasteiger partial charge in [0.15, 0.2) is 0 Å². The second-order valence-corrected chi connectivity index (χ2v) is 8.66. The SMILES string of the molecule is COC(=O)[C@H]1CN(S(=O)(=O)c2c(C)cc(C)cc2C)CCS1. The van der Waals surface area contributed by atoms with Crippen LogP contribution in [0.1, 0.15) is 16.7 Å². The number of aryl methyl sites for hydroxylation is 3. The van der Waals surface area contributed by atoms with Crippen molar-refractivity contribution in [3.05, 3.63) is 28.8 Å². The molecule has 0 spiro atoms. The van der Waals surface area contributed by atoms with Gasteiger partial charge in [-0.05, 0) is 31.9 Å². The Morgan fingerprint density at radius 1 is 1.27 bits per heavy atom. The lowest BCUT2D eigenvalue weighted by molar-refractivity contribution is -0.140.